The van der Waals surface area contributed by atoms with E-state index in [1.165, 1.54) is 12.1 Å². The molecule has 3 aliphatic carbocycles. The van der Waals surface area contributed by atoms with Crippen molar-refractivity contribution in [1.29, 1.82) is 0 Å². The van der Waals surface area contributed by atoms with Crippen molar-refractivity contribution < 1.29 is 28.3 Å². The van der Waals surface area contributed by atoms with E-state index in [0.717, 1.165) is 6.07 Å². The number of nitrogens with zero attached hydrogens (tertiary/aromatic N) is 1. The van der Waals surface area contributed by atoms with E-state index in [2.05, 4.69) is 15.8 Å². The number of aliphatic hydroxyl groups excluding tert-OH is 1. The second-order valence-electron chi connectivity index (χ2n) is 8.56. The molecular weight excluding hydrogens is 441 g/mol. The van der Waals surface area contributed by atoms with Gasteiger partial charge in [0.25, 0.3) is 11.8 Å². The van der Waals surface area contributed by atoms with E-state index in [0.29, 0.717) is 44.2 Å². The molecule has 1 aromatic carbocycles. The second-order valence-corrected chi connectivity index (χ2v) is 8.97. The zero-order chi connectivity index (χ0) is 22.9. The molecule has 2 aromatic rings. The van der Waals surface area contributed by atoms with Crippen LogP contribution in [0.25, 0.3) is 0 Å². The molecule has 3 N–H and O–H groups in total. The molecular formula is C22H25ClFN3O5. The monoisotopic (exact) mass is 465 g/mol. The van der Waals surface area contributed by atoms with Gasteiger partial charge in [-0.05, 0) is 50.7 Å². The Labute approximate surface area is 189 Å². The zero-order valence-electron chi connectivity index (χ0n) is 17.6. The number of rotatable bonds is 7. The molecule has 5 rings (SSSR count). The molecule has 2 bridgehead atoms. The normalized spacial score (nSPS) is 26.6. The van der Waals surface area contributed by atoms with Gasteiger partial charge in [-0.3, -0.25) is 9.59 Å². The molecule has 0 spiro atoms. The van der Waals surface area contributed by atoms with E-state index in [1.54, 1.807) is 6.07 Å². The predicted octanol–water partition coefficient (Wildman–Crippen LogP) is 2.77. The third kappa shape index (κ3) is 4.45. The molecule has 3 aliphatic rings. The summed E-state index contributed by atoms with van der Waals surface area (Å²) in [6, 6.07) is 5.55. The highest BCUT2D eigenvalue weighted by Gasteiger charge is 2.55. The molecule has 8 nitrogen and oxygen atoms in total. The van der Waals surface area contributed by atoms with Crippen molar-refractivity contribution in [2.24, 2.45) is 0 Å². The number of amides is 2. The minimum atomic E-state index is -0.830. The van der Waals surface area contributed by atoms with Gasteiger partial charge in [-0.25, -0.2) is 4.39 Å². The van der Waals surface area contributed by atoms with Crippen LogP contribution in [-0.2, 0) is 11.2 Å². The van der Waals surface area contributed by atoms with E-state index in [4.69, 9.17) is 20.9 Å². The van der Waals surface area contributed by atoms with Crippen LogP contribution < -0.4 is 15.4 Å². The Morgan fingerprint density at radius 3 is 2.66 bits per heavy atom. The number of carbonyl (C=O) groups is 2. The number of fused-ring (bicyclic) bond motifs is 3. The molecule has 10 heteroatoms. The maximum atomic E-state index is 13.5. The first kappa shape index (κ1) is 22.5. The molecule has 1 atom stereocenters. The summed E-state index contributed by atoms with van der Waals surface area (Å²) in [5.41, 5.74) is -0.635. The Hall–Kier alpha value is -2.65. The van der Waals surface area contributed by atoms with Crippen LogP contribution in [0.2, 0.25) is 5.02 Å². The first-order valence-corrected chi connectivity index (χ1v) is 11.0. The maximum Gasteiger partial charge on any atom is 0.290 e. The lowest BCUT2D eigenvalue weighted by molar-refractivity contribution is -0.132. The summed E-state index contributed by atoms with van der Waals surface area (Å²) >= 11 is 5.64. The molecule has 3 fully saturated rings. The fourth-order valence-corrected chi connectivity index (χ4v) is 4.70. The second kappa shape index (κ2) is 8.71. The number of hydrogen-bond donors (Lipinski definition) is 3. The fraction of sp³-hybridized carbons (Fsp3) is 0.500. The van der Waals surface area contributed by atoms with Crippen LogP contribution >= 0.6 is 11.6 Å². The third-order valence-electron chi connectivity index (χ3n) is 6.49. The van der Waals surface area contributed by atoms with Gasteiger partial charge in [0.1, 0.15) is 11.6 Å². The Morgan fingerprint density at radius 1 is 1.28 bits per heavy atom. The standard InChI is InChI=1S/C22H25ClFN3O5/c1-2-13-9-17(32-27-13)20(30)26-21-5-7-22(8-6-21,18(28)11-21)25-19(29)12-31-14-3-4-15(23)16(24)10-14/h3-4,9-10,18,28H,2,5-8,11-12H2,1H3,(H,25,29)(H,26,30)/t18-,21?,22?/m0/s1. The molecule has 0 radical (unpaired) electrons. The Balaban J connectivity index is 1.34. The van der Waals surface area contributed by atoms with Crippen LogP contribution in [-0.4, -0.2) is 45.9 Å². The summed E-state index contributed by atoms with van der Waals surface area (Å²) < 4.78 is 24.0. The van der Waals surface area contributed by atoms with Gasteiger partial charge >= 0.3 is 0 Å². The Bertz CT molecular complexity index is 1020. The molecule has 2 amide bonds. The highest BCUT2D eigenvalue weighted by atomic mass is 35.5. The van der Waals surface area contributed by atoms with Crippen LogP contribution in [0.3, 0.4) is 0 Å². The van der Waals surface area contributed by atoms with Crippen LogP contribution in [0, 0.1) is 5.82 Å². The van der Waals surface area contributed by atoms with E-state index in [9.17, 15) is 19.1 Å². The number of aryl methyl sites for hydroxylation is 1. The predicted molar refractivity (Wildman–Crippen MR) is 113 cm³/mol. The first-order chi connectivity index (χ1) is 15.2. The minimum Gasteiger partial charge on any atom is -0.484 e. The molecule has 1 heterocycles. The summed E-state index contributed by atoms with van der Waals surface area (Å²) in [4.78, 5) is 25.1. The molecule has 32 heavy (non-hydrogen) atoms. The number of halogens is 2. The summed E-state index contributed by atoms with van der Waals surface area (Å²) in [6.45, 7) is 1.60. The lowest BCUT2D eigenvalue weighted by Gasteiger charge is -2.56. The molecule has 172 valence electrons. The highest BCUT2D eigenvalue weighted by molar-refractivity contribution is 6.30. The van der Waals surface area contributed by atoms with Gasteiger partial charge in [-0.2, -0.15) is 0 Å². The van der Waals surface area contributed by atoms with Crippen molar-refractivity contribution in [3.8, 4) is 5.75 Å². The Kier molecular flexibility index (Phi) is 6.13. The van der Waals surface area contributed by atoms with Crippen molar-refractivity contribution >= 4 is 23.4 Å². The largest absolute Gasteiger partial charge is 0.484 e. The van der Waals surface area contributed by atoms with Crippen molar-refractivity contribution in [2.45, 2.75) is 62.6 Å². The zero-order valence-corrected chi connectivity index (χ0v) is 18.4. The van der Waals surface area contributed by atoms with Crippen LogP contribution in [0.5, 0.6) is 5.75 Å². The van der Waals surface area contributed by atoms with Gasteiger partial charge in [0.2, 0.25) is 5.76 Å². The SMILES string of the molecule is CCc1cc(C(=O)NC23CCC(NC(=O)COc4ccc(Cl)c(F)c4)(CC2)[C@@H](O)C3)on1. The van der Waals surface area contributed by atoms with E-state index in [1.807, 2.05) is 6.92 Å². The molecule has 0 saturated heterocycles. The lowest BCUT2D eigenvalue weighted by atomic mass is 9.60. The number of aromatic nitrogens is 1. The highest BCUT2D eigenvalue weighted by Crippen LogP contribution is 2.47. The Morgan fingerprint density at radius 2 is 2.03 bits per heavy atom. The van der Waals surface area contributed by atoms with E-state index in [-0.39, 0.29) is 29.0 Å². The van der Waals surface area contributed by atoms with Gasteiger partial charge < -0.3 is 25.0 Å². The molecule has 0 aliphatic heterocycles. The van der Waals surface area contributed by atoms with Crippen molar-refractivity contribution in [2.75, 3.05) is 6.61 Å². The van der Waals surface area contributed by atoms with Crippen LogP contribution in [0.4, 0.5) is 4.39 Å². The fourth-order valence-electron chi connectivity index (χ4n) is 4.58. The molecule has 1 aromatic heterocycles. The van der Waals surface area contributed by atoms with Gasteiger partial charge in [0.05, 0.1) is 22.4 Å². The maximum absolute atomic E-state index is 13.5. The number of nitrogens with one attached hydrogen (secondary N) is 2. The van der Waals surface area contributed by atoms with Gasteiger partial charge in [-0.1, -0.05) is 23.7 Å². The average Bonchev–Trinajstić information content (AvgIpc) is 3.25. The lowest BCUT2D eigenvalue weighted by Crippen LogP contribution is -2.70. The first-order valence-electron chi connectivity index (χ1n) is 10.6. The third-order valence-corrected chi connectivity index (χ3v) is 6.80. The molecule has 0 unspecified atom stereocenters. The number of hydrogen-bond acceptors (Lipinski definition) is 6. The van der Waals surface area contributed by atoms with Crippen molar-refractivity contribution in [1.82, 2.24) is 15.8 Å². The smallest absolute Gasteiger partial charge is 0.290 e. The topological polar surface area (TPSA) is 114 Å². The summed E-state index contributed by atoms with van der Waals surface area (Å²) in [5.74, 6) is -1.06. The number of benzene rings is 1. The van der Waals surface area contributed by atoms with Crippen LogP contribution in [0.15, 0.2) is 28.8 Å². The number of aliphatic hydroxyl groups is 1. The van der Waals surface area contributed by atoms with Gasteiger partial charge in [-0.15, -0.1) is 0 Å². The number of ether oxygens (including phenoxy) is 1. The van der Waals surface area contributed by atoms with E-state index < -0.39 is 28.9 Å². The number of carbonyl (C=O) groups excluding carboxylic acids is 2. The van der Waals surface area contributed by atoms with Crippen LogP contribution in [0.1, 0.15) is 55.3 Å². The van der Waals surface area contributed by atoms with Gasteiger partial charge in [0.15, 0.2) is 6.61 Å². The van der Waals surface area contributed by atoms with Gasteiger partial charge in [0, 0.05) is 17.7 Å². The van der Waals surface area contributed by atoms with E-state index >= 15 is 0 Å². The summed E-state index contributed by atoms with van der Waals surface area (Å²) in [5, 5.41) is 20.6. The summed E-state index contributed by atoms with van der Waals surface area (Å²) in [6.07, 6.45) is 2.38. The quantitative estimate of drug-likeness (QED) is 0.579. The average molecular weight is 466 g/mol. The summed E-state index contributed by atoms with van der Waals surface area (Å²) in [7, 11) is 0. The van der Waals surface area contributed by atoms with Crippen molar-refractivity contribution in [3.05, 3.63) is 46.6 Å². The molecule has 3 saturated carbocycles. The van der Waals surface area contributed by atoms with Crippen molar-refractivity contribution in [3.63, 3.8) is 0 Å². The minimum absolute atomic E-state index is 0.0297.